The molecular weight excluding hydrogens is 523 g/mol. The number of aromatic nitrogens is 1. The fourth-order valence-electron chi connectivity index (χ4n) is 4.55. The van der Waals surface area contributed by atoms with Crippen LogP contribution in [0.15, 0.2) is 87.6 Å². The Morgan fingerprint density at radius 1 is 0.949 bits per heavy atom. The van der Waals surface area contributed by atoms with Crippen LogP contribution in [-0.2, 0) is 4.79 Å². The van der Waals surface area contributed by atoms with Crippen LogP contribution in [0.2, 0.25) is 0 Å². The molecule has 0 atom stereocenters. The number of hydrogen-bond acceptors (Lipinski definition) is 7. The minimum absolute atomic E-state index is 0.0488. The molecule has 3 aromatic carbocycles. The first-order valence-electron chi connectivity index (χ1n) is 12.5. The van der Waals surface area contributed by atoms with Gasteiger partial charge >= 0.3 is 0 Å². The minimum atomic E-state index is -0.0488. The fourth-order valence-corrected chi connectivity index (χ4v) is 6.53. The topological polar surface area (TPSA) is 107 Å². The molecular formula is C31H25N5OS2. The highest BCUT2D eigenvalue weighted by Gasteiger charge is 2.28. The van der Waals surface area contributed by atoms with Crippen LogP contribution in [0.4, 0.5) is 17.2 Å². The van der Waals surface area contributed by atoms with Gasteiger partial charge in [0.1, 0.15) is 28.5 Å². The molecule has 1 amide bonds. The number of benzene rings is 3. The Kier molecular flexibility index (Phi) is 7.60. The van der Waals surface area contributed by atoms with Gasteiger partial charge in [-0.1, -0.05) is 74.1 Å². The lowest BCUT2D eigenvalue weighted by molar-refractivity contribution is -0.117. The normalized spacial score (nSPS) is 11.9. The van der Waals surface area contributed by atoms with Gasteiger partial charge in [0.15, 0.2) is 0 Å². The molecule has 0 fully saturated rings. The minimum Gasteiger partial charge on any atom is -0.383 e. The Hall–Kier alpha value is -4.24. The van der Waals surface area contributed by atoms with Crippen LogP contribution in [-0.4, -0.2) is 16.6 Å². The number of nitrogens with zero attached hydrogens (tertiary/aromatic N) is 4. The fraction of sp³-hybridized carbons (Fsp3) is 0.161. The first kappa shape index (κ1) is 26.4. The van der Waals surface area contributed by atoms with E-state index >= 15 is 0 Å². The third kappa shape index (κ3) is 5.09. The van der Waals surface area contributed by atoms with Gasteiger partial charge in [-0.15, -0.1) is 11.8 Å². The Morgan fingerprint density at radius 2 is 1.54 bits per heavy atom. The van der Waals surface area contributed by atoms with Gasteiger partial charge in [0.25, 0.3) is 0 Å². The number of nitrogen functional groups attached to an aromatic ring is 1. The predicted molar refractivity (Wildman–Crippen MR) is 157 cm³/mol. The van der Waals surface area contributed by atoms with Gasteiger partial charge in [0.2, 0.25) is 5.91 Å². The molecule has 0 bridgehead atoms. The number of carbonyl (C=O) groups excluding carboxylic acids is 1. The number of nitriles is 2. The molecule has 0 aliphatic carbocycles. The standard InChI is InChI=1S/C31H25N5OS2/c1-19(2)20-11-13-21(14-12-20)29-22(17-32)30(34)35-31(23(29)18-33)38-16-15-28(37)36-24-7-3-5-9-26(24)39-27-10-6-4-8-25(27)36/h3-14,19H,15-16H2,1-2H3,(H2,34,35). The third-order valence-corrected chi connectivity index (χ3v) is 8.63. The molecule has 2 N–H and O–H groups in total. The van der Waals surface area contributed by atoms with Crippen LogP contribution in [0.1, 0.15) is 42.9 Å². The maximum absolute atomic E-state index is 13.6. The number of anilines is 3. The first-order valence-corrected chi connectivity index (χ1v) is 14.3. The van der Waals surface area contributed by atoms with Crippen molar-refractivity contribution in [1.29, 1.82) is 10.5 Å². The average Bonchev–Trinajstić information content (AvgIpc) is 2.95. The summed E-state index contributed by atoms with van der Waals surface area (Å²) in [6.07, 6.45) is 0.225. The lowest BCUT2D eigenvalue weighted by Crippen LogP contribution is -2.28. The van der Waals surface area contributed by atoms with Crippen LogP contribution in [0.5, 0.6) is 0 Å². The van der Waals surface area contributed by atoms with E-state index in [4.69, 9.17) is 5.73 Å². The summed E-state index contributed by atoms with van der Waals surface area (Å²) >= 11 is 2.95. The molecule has 8 heteroatoms. The number of pyridine rings is 1. The molecule has 0 spiro atoms. The number of para-hydroxylation sites is 2. The van der Waals surface area contributed by atoms with Crippen molar-refractivity contribution >= 4 is 46.6 Å². The number of fused-ring (bicyclic) bond motifs is 2. The highest BCUT2D eigenvalue weighted by molar-refractivity contribution is 7.99. The van der Waals surface area contributed by atoms with Crippen molar-refractivity contribution in [2.24, 2.45) is 0 Å². The third-order valence-electron chi connectivity index (χ3n) is 6.52. The molecule has 1 aliphatic heterocycles. The molecule has 4 aromatic rings. The summed E-state index contributed by atoms with van der Waals surface area (Å²) in [5.41, 5.74) is 10.8. The van der Waals surface area contributed by atoms with E-state index in [1.165, 1.54) is 11.8 Å². The summed E-state index contributed by atoms with van der Waals surface area (Å²) < 4.78 is 0. The molecule has 0 saturated heterocycles. The number of carbonyl (C=O) groups is 1. The summed E-state index contributed by atoms with van der Waals surface area (Å²) in [4.78, 5) is 21.8. The van der Waals surface area contributed by atoms with Gasteiger partial charge in [0.05, 0.1) is 16.9 Å². The van der Waals surface area contributed by atoms with E-state index in [1.807, 2.05) is 72.8 Å². The Labute approximate surface area is 236 Å². The number of amides is 1. The first-order chi connectivity index (χ1) is 18.9. The van der Waals surface area contributed by atoms with Gasteiger partial charge in [-0.05, 0) is 41.3 Å². The Morgan fingerprint density at radius 3 is 2.10 bits per heavy atom. The molecule has 192 valence electrons. The van der Waals surface area contributed by atoms with Crippen molar-refractivity contribution in [2.45, 2.75) is 41.0 Å². The smallest absolute Gasteiger partial charge is 0.232 e. The van der Waals surface area contributed by atoms with Crippen LogP contribution < -0.4 is 10.6 Å². The summed E-state index contributed by atoms with van der Waals surface area (Å²) in [5.74, 6) is 0.774. The van der Waals surface area contributed by atoms with Gasteiger partial charge < -0.3 is 5.73 Å². The van der Waals surface area contributed by atoms with Crippen molar-refractivity contribution in [3.05, 3.63) is 89.5 Å². The molecule has 39 heavy (non-hydrogen) atoms. The summed E-state index contributed by atoms with van der Waals surface area (Å²) in [6, 6.07) is 27.9. The van der Waals surface area contributed by atoms with Crippen molar-refractivity contribution in [3.63, 3.8) is 0 Å². The highest BCUT2D eigenvalue weighted by Crippen LogP contribution is 2.48. The van der Waals surface area contributed by atoms with Gasteiger partial charge in [-0.2, -0.15) is 10.5 Å². The van der Waals surface area contributed by atoms with Crippen molar-refractivity contribution < 1.29 is 4.79 Å². The second kappa shape index (κ2) is 11.2. The molecule has 6 nitrogen and oxygen atoms in total. The zero-order valence-electron chi connectivity index (χ0n) is 21.5. The van der Waals surface area contributed by atoms with Crippen molar-refractivity contribution in [1.82, 2.24) is 4.98 Å². The molecule has 2 heterocycles. The van der Waals surface area contributed by atoms with Crippen molar-refractivity contribution in [3.8, 4) is 23.3 Å². The lowest BCUT2D eigenvalue weighted by Gasteiger charge is -2.31. The van der Waals surface area contributed by atoms with E-state index in [-0.39, 0.29) is 23.7 Å². The molecule has 5 rings (SSSR count). The highest BCUT2D eigenvalue weighted by atomic mass is 32.2. The van der Waals surface area contributed by atoms with E-state index in [9.17, 15) is 15.3 Å². The Balaban J connectivity index is 1.42. The van der Waals surface area contributed by atoms with Crippen LogP contribution in [0.25, 0.3) is 11.1 Å². The van der Waals surface area contributed by atoms with Gasteiger partial charge in [-0.3, -0.25) is 9.69 Å². The van der Waals surface area contributed by atoms with E-state index in [2.05, 4.69) is 31.0 Å². The molecule has 1 aliphatic rings. The number of hydrogen-bond donors (Lipinski definition) is 1. The van der Waals surface area contributed by atoms with E-state index in [1.54, 1.807) is 16.7 Å². The molecule has 1 aromatic heterocycles. The maximum Gasteiger partial charge on any atom is 0.232 e. The molecule has 0 saturated carbocycles. The summed E-state index contributed by atoms with van der Waals surface area (Å²) in [6.45, 7) is 4.22. The van der Waals surface area contributed by atoms with E-state index in [0.717, 1.165) is 32.3 Å². The number of rotatable bonds is 6. The number of thioether (sulfide) groups is 1. The van der Waals surface area contributed by atoms with Gasteiger partial charge in [-0.25, -0.2) is 4.98 Å². The number of nitrogens with two attached hydrogens (primary N) is 1. The quantitative estimate of drug-likeness (QED) is 0.249. The van der Waals surface area contributed by atoms with Crippen LogP contribution in [0, 0.1) is 22.7 Å². The molecule has 0 radical (unpaired) electrons. The monoisotopic (exact) mass is 547 g/mol. The van der Waals surface area contributed by atoms with Crippen molar-refractivity contribution in [2.75, 3.05) is 16.4 Å². The summed E-state index contributed by atoms with van der Waals surface area (Å²) in [7, 11) is 0. The SMILES string of the molecule is CC(C)c1ccc(-c2c(C#N)c(N)nc(SCCC(=O)N3c4ccccc4Sc4ccccc43)c2C#N)cc1. The zero-order chi connectivity index (χ0) is 27.5. The van der Waals surface area contributed by atoms with E-state index in [0.29, 0.717) is 27.8 Å². The summed E-state index contributed by atoms with van der Waals surface area (Å²) in [5, 5.41) is 20.4. The second-order valence-corrected chi connectivity index (χ2v) is 11.5. The predicted octanol–water partition coefficient (Wildman–Crippen LogP) is 7.51. The average molecular weight is 548 g/mol. The zero-order valence-corrected chi connectivity index (χ0v) is 23.1. The molecule has 0 unspecified atom stereocenters. The maximum atomic E-state index is 13.6. The van der Waals surface area contributed by atoms with E-state index < -0.39 is 0 Å². The Bertz CT molecular complexity index is 1610. The second-order valence-electron chi connectivity index (χ2n) is 9.29. The largest absolute Gasteiger partial charge is 0.383 e. The lowest BCUT2D eigenvalue weighted by atomic mass is 9.94. The van der Waals surface area contributed by atoms with Gasteiger partial charge in [0, 0.05) is 27.5 Å². The van der Waals surface area contributed by atoms with Crippen LogP contribution >= 0.6 is 23.5 Å². The van der Waals surface area contributed by atoms with Crippen LogP contribution in [0.3, 0.4) is 0 Å².